The van der Waals surface area contributed by atoms with Gasteiger partial charge in [-0.3, -0.25) is 14.4 Å². The third-order valence-corrected chi connectivity index (χ3v) is 3.34. The Hall–Kier alpha value is -2.43. The van der Waals surface area contributed by atoms with Crippen LogP contribution in [0.3, 0.4) is 0 Å². The number of carbonyl (C=O) groups is 1. The molecule has 1 aromatic heterocycles. The lowest BCUT2D eigenvalue weighted by Crippen LogP contribution is -2.27. The Labute approximate surface area is 135 Å². The highest BCUT2D eigenvalue weighted by molar-refractivity contribution is 5.78. The van der Waals surface area contributed by atoms with Crippen LogP contribution in [0.25, 0.3) is 0 Å². The standard InChI is InChI=1S/C18H21FN2O2/c1-13(2)20-17-6-4-5-11-21(17)18(22)10-8-14-7-9-16(23-3)15(19)12-14/h4-7,9,11-13H,8,10H2,1-3H3. The van der Waals surface area contributed by atoms with E-state index in [4.69, 9.17) is 4.74 Å². The van der Waals surface area contributed by atoms with Gasteiger partial charge in [-0.25, -0.2) is 4.39 Å². The first-order valence-corrected chi connectivity index (χ1v) is 7.58. The van der Waals surface area contributed by atoms with Crippen LogP contribution in [-0.4, -0.2) is 23.6 Å². The van der Waals surface area contributed by atoms with Crippen LogP contribution in [0.2, 0.25) is 0 Å². The zero-order chi connectivity index (χ0) is 16.8. The molecule has 0 unspecified atom stereocenters. The SMILES string of the molecule is COc1ccc(CCC(=O)n2ccccc2=NC(C)C)cc1F. The summed E-state index contributed by atoms with van der Waals surface area (Å²) in [6.45, 7) is 3.92. The van der Waals surface area contributed by atoms with Gasteiger partial charge in [-0.2, -0.15) is 0 Å². The number of ether oxygens (including phenoxy) is 1. The number of benzene rings is 1. The van der Waals surface area contributed by atoms with Gasteiger partial charge < -0.3 is 4.74 Å². The van der Waals surface area contributed by atoms with Crippen molar-refractivity contribution in [2.75, 3.05) is 7.11 Å². The van der Waals surface area contributed by atoms with E-state index < -0.39 is 5.82 Å². The molecular formula is C18H21FN2O2. The first kappa shape index (κ1) is 16.9. The van der Waals surface area contributed by atoms with Gasteiger partial charge in [-0.15, -0.1) is 0 Å². The second-order valence-electron chi connectivity index (χ2n) is 5.51. The summed E-state index contributed by atoms with van der Waals surface area (Å²) >= 11 is 0. The fourth-order valence-corrected chi connectivity index (χ4v) is 2.25. The summed E-state index contributed by atoms with van der Waals surface area (Å²) in [5, 5.41) is 0. The van der Waals surface area contributed by atoms with Crippen molar-refractivity contribution < 1.29 is 13.9 Å². The highest BCUT2D eigenvalue weighted by atomic mass is 19.1. The van der Waals surface area contributed by atoms with E-state index in [1.165, 1.54) is 13.2 Å². The molecule has 23 heavy (non-hydrogen) atoms. The predicted molar refractivity (Wildman–Crippen MR) is 87.0 cm³/mol. The summed E-state index contributed by atoms with van der Waals surface area (Å²) in [5.41, 5.74) is 1.39. The third kappa shape index (κ3) is 4.52. The van der Waals surface area contributed by atoms with Crippen molar-refractivity contribution in [3.05, 3.63) is 59.5 Å². The van der Waals surface area contributed by atoms with Gasteiger partial charge in [0.25, 0.3) is 0 Å². The number of aromatic nitrogens is 1. The first-order chi connectivity index (χ1) is 11.0. The minimum atomic E-state index is -0.416. The zero-order valence-corrected chi connectivity index (χ0v) is 13.6. The van der Waals surface area contributed by atoms with Crippen molar-refractivity contribution in [1.82, 2.24) is 4.57 Å². The molecule has 5 heteroatoms. The Morgan fingerprint density at radius 1 is 1.30 bits per heavy atom. The molecule has 0 saturated heterocycles. The van der Waals surface area contributed by atoms with Crippen LogP contribution in [0.15, 0.2) is 47.6 Å². The molecule has 0 bridgehead atoms. The lowest BCUT2D eigenvalue weighted by Gasteiger charge is -2.08. The highest BCUT2D eigenvalue weighted by Gasteiger charge is 2.08. The molecule has 0 spiro atoms. The average molecular weight is 316 g/mol. The second kappa shape index (κ2) is 7.72. The van der Waals surface area contributed by atoms with E-state index in [9.17, 15) is 9.18 Å². The van der Waals surface area contributed by atoms with Gasteiger partial charge >= 0.3 is 0 Å². The molecule has 1 heterocycles. The van der Waals surface area contributed by atoms with Gasteiger partial charge in [0.05, 0.1) is 7.11 Å². The Kier molecular flexibility index (Phi) is 5.68. The van der Waals surface area contributed by atoms with Crippen molar-refractivity contribution in [2.45, 2.75) is 32.7 Å². The van der Waals surface area contributed by atoms with E-state index in [0.717, 1.165) is 5.56 Å². The largest absolute Gasteiger partial charge is 0.494 e. The molecule has 1 aromatic carbocycles. The normalized spacial score (nSPS) is 11.8. The average Bonchev–Trinajstić information content (AvgIpc) is 2.52. The number of nitrogens with zero attached hydrogens (tertiary/aromatic N) is 2. The maximum Gasteiger partial charge on any atom is 0.232 e. The predicted octanol–water partition coefficient (Wildman–Crippen LogP) is 3.22. The molecule has 0 atom stereocenters. The highest BCUT2D eigenvalue weighted by Crippen LogP contribution is 2.18. The Balaban J connectivity index is 2.13. The first-order valence-electron chi connectivity index (χ1n) is 7.58. The van der Waals surface area contributed by atoms with Gasteiger partial charge in [0.15, 0.2) is 11.6 Å². The summed E-state index contributed by atoms with van der Waals surface area (Å²) in [4.78, 5) is 16.9. The van der Waals surface area contributed by atoms with E-state index in [0.29, 0.717) is 11.9 Å². The topological polar surface area (TPSA) is 43.6 Å². The lowest BCUT2D eigenvalue weighted by molar-refractivity contribution is 0.0897. The molecule has 0 radical (unpaired) electrons. The molecular weight excluding hydrogens is 295 g/mol. The number of aryl methyl sites for hydroxylation is 1. The number of pyridine rings is 1. The molecule has 0 aliphatic heterocycles. The molecule has 4 nitrogen and oxygen atoms in total. The summed E-state index contributed by atoms with van der Waals surface area (Å²) in [6.07, 6.45) is 2.45. The Morgan fingerprint density at radius 3 is 2.74 bits per heavy atom. The van der Waals surface area contributed by atoms with E-state index in [-0.39, 0.29) is 24.1 Å². The second-order valence-corrected chi connectivity index (χ2v) is 5.51. The van der Waals surface area contributed by atoms with Crippen LogP contribution in [0.5, 0.6) is 5.75 Å². The van der Waals surface area contributed by atoms with Crippen LogP contribution >= 0.6 is 0 Å². The molecule has 0 amide bonds. The molecule has 0 aliphatic carbocycles. The van der Waals surface area contributed by atoms with Crippen LogP contribution in [0.1, 0.15) is 30.6 Å². The van der Waals surface area contributed by atoms with E-state index in [2.05, 4.69) is 4.99 Å². The molecule has 2 aromatic rings. The zero-order valence-electron chi connectivity index (χ0n) is 13.6. The summed E-state index contributed by atoms with van der Waals surface area (Å²) in [6, 6.07) is 10.3. The van der Waals surface area contributed by atoms with Crippen molar-refractivity contribution in [2.24, 2.45) is 4.99 Å². The molecule has 2 rings (SSSR count). The number of hydrogen-bond donors (Lipinski definition) is 0. The maximum absolute atomic E-state index is 13.7. The number of methoxy groups -OCH3 is 1. The maximum atomic E-state index is 13.7. The van der Waals surface area contributed by atoms with Gasteiger partial charge in [-0.05, 0) is 50.1 Å². The van der Waals surface area contributed by atoms with Gasteiger partial charge in [0, 0.05) is 18.7 Å². The van der Waals surface area contributed by atoms with Gasteiger partial charge in [0.1, 0.15) is 5.49 Å². The van der Waals surface area contributed by atoms with E-state index in [1.54, 1.807) is 29.0 Å². The van der Waals surface area contributed by atoms with Crippen LogP contribution < -0.4 is 10.2 Å². The number of halogens is 1. The van der Waals surface area contributed by atoms with Crippen molar-refractivity contribution in [3.8, 4) is 5.75 Å². The van der Waals surface area contributed by atoms with Crippen LogP contribution in [-0.2, 0) is 6.42 Å². The van der Waals surface area contributed by atoms with Crippen molar-refractivity contribution in [3.63, 3.8) is 0 Å². The number of carbonyl (C=O) groups excluding carboxylic acids is 1. The fourth-order valence-electron chi connectivity index (χ4n) is 2.25. The fraction of sp³-hybridized carbons (Fsp3) is 0.333. The number of hydrogen-bond acceptors (Lipinski definition) is 3. The van der Waals surface area contributed by atoms with Crippen LogP contribution in [0, 0.1) is 5.82 Å². The minimum Gasteiger partial charge on any atom is -0.494 e. The molecule has 0 N–H and O–H groups in total. The minimum absolute atomic E-state index is 0.0683. The third-order valence-electron chi connectivity index (χ3n) is 3.34. The van der Waals surface area contributed by atoms with Crippen LogP contribution in [0.4, 0.5) is 4.39 Å². The van der Waals surface area contributed by atoms with E-state index >= 15 is 0 Å². The molecule has 0 fully saturated rings. The molecule has 0 saturated carbocycles. The number of rotatable bonds is 5. The van der Waals surface area contributed by atoms with Gasteiger partial charge in [-0.1, -0.05) is 12.1 Å². The lowest BCUT2D eigenvalue weighted by atomic mass is 10.1. The van der Waals surface area contributed by atoms with Crippen molar-refractivity contribution >= 4 is 5.91 Å². The monoisotopic (exact) mass is 316 g/mol. The van der Waals surface area contributed by atoms with E-state index in [1.807, 2.05) is 26.0 Å². The quantitative estimate of drug-likeness (QED) is 0.850. The Bertz CT molecular complexity index is 751. The summed E-state index contributed by atoms with van der Waals surface area (Å²) < 4.78 is 20.1. The Morgan fingerprint density at radius 2 is 2.09 bits per heavy atom. The summed E-state index contributed by atoms with van der Waals surface area (Å²) in [7, 11) is 1.42. The van der Waals surface area contributed by atoms with Crippen molar-refractivity contribution in [1.29, 1.82) is 0 Å². The smallest absolute Gasteiger partial charge is 0.232 e. The van der Waals surface area contributed by atoms with Gasteiger partial charge in [0.2, 0.25) is 5.91 Å². The molecule has 0 aliphatic rings. The summed E-state index contributed by atoms with van der Waals surface area (Å²) in [5.74, 6) is -0.280. The molecule has 122 valence electrons.